The minimum atomic E-state index is -1.27. The molecule has 1 aliphatic rings. The van der Waals surface area contributed by atoms with Crippen molar-refractivity contribution in [2.75, 3.05) is 13.2 Å². The van der Waals surface area contributed by atoms with Gasteiger partial charge in [-0.25, -0.2) is 0 Å². The Bertz CT molecular complexity index is 138. The Balaban J connectivity index is 2.67. The maximum absolute atomic E-state index is 9.56. The standard InChI is InChI=1S/C7H14O4/c8-3-5-6(10)1-2-7(5,11)4-9/h5-6,8-11H,1-4H2. The highest BCUT2D eigenvalue weighted by atomic mass is 16.3. The molecule has 4 N–H and O–H groups in total. The van der Waals surface area contributed by atoms with E-state index in [1.165, 1.54) is 0 Å². The van der Waals surface area contributed by atoms with Crippen molar-refractivity contribution < 1.29 is 20.4 Å². The molecule has 0 radical (unpaired) electrons. The van der Waals surface area contributed by atoms with Crippen LogP contribution in [0, 0.1) is 5.92 Å². The second kappa shape index (κ2) is 3.06. The lowest BCUT2D eigenvalue weighted by molar-refractivity contribution is -0.0800. The van der Waals surface area contributed by atoms with E-state index in [2.05, 4.69) is 0 Å². The highest BCUT2D eigenvalue weighted by Crippen LogP contribution is 2.35. The second-order valence-electron chi connectivity index (χ2n) is 3.16. The van der Waals surface area contributed by atoms with Crippen LogP contribution in [0.3, 0.4) is 0 Å². The Morgan fingerprint density at radius 1 is 1.36 bits per heavy atom. The monoisotopic (exact) mass is 162 g/mol. The van der Waals surface area contributed by atoms with Gasteiger partial charge in [0.05, 0.1) is 24.9 Å². The normalized spacial score (nSPS) is 44.7. The van der Waals surface area contributed by atoms with Crippen LogP contribution in [-0.4, -0.2) is 45.3 Å². The Kier molecular flexibility index (Phi) is 2.49. The van der Waals surface area contributed by atoms with Gasteiger partial charge in [0.1, 0.15) is 0 Å². The summed E-state index contributed by atoms with van der Waals surface area (Å²) < 4.78 is 0. The highest BCUT2D eigenvalue weighted by Gasteiger charge is 2.45. The summed E-state index contributed by atoms with van der Waals surface area (Å²) in [5.41, 5.74) is -1.27. The van der Waals surface area contributed by atoms with E-state index in [0.29, 0.717) is 12.8 Å². The maximum atomic E-state index is 9.56. The highest BCUT2D eigenvalue weighted by molar-refractivity contribution is 4.96. The van der Waals surface area contributed by atoms with Gasteiger partial charge >= 0.3 is 0 Å². The molecule has 3 unspecified atom stereocenters. The fraction of sp³-hybridized carbons (Fsp3) is 1.00. The molecule has 0 aliphatic heterocycles. The number of hydrogen-bond donors (Lipinski definition) is 4. The molecule has 1 rings (SSSR count). The van der Waals surface area contributed by atoms with Crippen LogP contribution in [0.25, 0.3) is 0 Å². The first-order chi connectivity index (χ1) is 5.14. The lowest BCUT2D eigenvalue weighted by Gasteiger charge is -2.27. The number of aliphatic hydroxyl groups is 4. The molecule has 3 atom stereocenters. The summed E-state index contributed by atoms with van der Waals surface area (Å²) in [6, 6.07) is 0. The number of rotatable bonds is 2. The zero-order chi connectivity index (χ0) is 8.48. The van der Waals surface area contributed by atoms with Gasteiger partial charge in [-0.1, -0.05) is 0 Å². The molecule has 1 fully saturated rings. The van der Waals surface area contributed by atoms with Gasteiger partial charge in [0, 0.05) is 5.92 Å². The molecular weight excluding hydrogens is 148 g/mol. The summed E-state index contributed by atoms with van der Waals surface area (Å²) in [4.78, 5) is 0. The van der Waals surface area contributed by atoms with E-state index in [1.807, 2.05) is 0 Å². The Hall–Kier alpha value is -0.160. The molecule has 0 aromatic rings. The van der Waals surface area contributed by atoms with Crippen molar-refractivity contribution in [3.8, 4) is 0 Å². The van der Waals surface area contributed by atoms with Crippen molar-refractivity contribution in [3.63, 3.8) is 0 Å². The van der Waals surface area contributed by atoms with E-state index in [1.54, 1.807) is 0 Å². The molecular formula is C7H14O4. The number of aliphatic hydroxyl groups excluding tert-OH is 3. The van der Waals surface area contributed by atoms with Crippen molar-refractivity contribution in [1.29, 1.82) is 0 Å². The summed E-state index contributed by atoms with van der Waals surface area (Å²) in [5.74, 6) is -0.590. The predicted octanol–water partition coefficient (Wildman–Crippen LogP) is -1.53. The van der Waals surface area contributed by atoms with Crippen LogP contribution in [0.1, 0.15) is 12.8 Å². The van der Waals surface area contributed by atoms with Gasteiger partial charge in [-0.15, -0.1) is 0 Å². The van der Waals surface area contributed by atoms with E-state index in [9.17, 15) is 10.2 Å². The summed E-state index contributed by atoms with van der Waals surface area (Å²) in [6.07, 6.45) is 0.121. The van der Waals surface area contributed by atoms with Crippen molar-refractivity contribution >= 4 is 0 Å². The van der Waals surface area contributed by atoms with Crippen LogP contribution in [0.2, 0.25) is 0 Å². The van der Waals surface area contributed by atoms with E-state index >= 15 is 0 Å². The molecule has 66 valence electrons. The quantitative estimate of drug-likeness (QED) is 0.397. The summed E-state index contributed by atoms with van der Waals surface area (Å²) >= 11 is 0. The lowest BCUT2D eigenvalue weighted by Crippen LogP contribution is -2.42. The van der Waals surface area contributed by atoms with Crippen LogP contribution in [0.5, 0.6) is 0 Å². The molecule has 0 bridgehead atoms. The van der Waals surface area contributed by atoms with Gasteiger partial charge in [-0.05, 0) is 12.8 Å². The van der Waals surface area contributed by atoms with Gasteiger partial charge in [0.15, 0.2) is 0 Å². The first-order valence-corrected chi connectivity index (χ1v) is 3.76. The van der Waals surface area contributed by atoms with Gasteiger partial charge in [-0.2, -0.15) is 0 Å². The van der Waals surface area contributed by atoms with E-state index in [-0.39, 0.29) is 6.61 Å². The average Bonchev–Trinajstić information content (AvgIpc) is 2.29. The minimum Gasteiger partial charge on any atom is -0.396 e. The van der Waals surface area contributed by atoms with Gasteiger partial charge in [0.2, 0.25) is 0 Å². The number of hydrogen-bond acceptors (Lipinski definition) is 4. The van der Waals surface area contributed by atoms with Crippen LogP contribution in [0.15, 0.2) is 0 Å². The van der Waals surface area contributed by atoms with E-state index < -0.39 is 24.2 Å². The fourth-order valence-electron chi connectivity index (χ4n) is 1.63. The molecule has 4 heteroatoms. The van der Waals surface area contributed by atoms with Crippen LogP contribution < -0.4 is 0 Å². The molecule has 0 saturated heterocycles. The Labute approximate surface area is 65.1 Å². The van der Waals surface area contributed by atoms with E-state index in [4.69, 9.17) is 10.2 Å². The summed E-state index contributed by atoms with van der Waals surface area (Å²) in [7, 11) is 0. The molecule has 0 spiro atoms. The smallest absolute Gasteiger partial charge is 0.0952 e. The molecule has 0 aromatic heterocycles. The summed E-state index contributed by atoms with van der Waals surface area (Å²) in [5, 5.41) is 36.3. The Morgan fingerprint density at radius 2 is 2.00 bits per heavy atom. The zero-order valence-corrected chi connectivity index (χ0v) is 6.27. The molecule has 0 amide bonds. The topological polar surface area (TPSA) is 80.9 Å². The first kappa shape index (κ1) is 8.93. The van der Waals surface area contributed by atoms with Crippen molar-refractivity contribution in [2.45, 2.75) is 24.5 Å². The molecule has 1 saturated carbocycles. The minimum absolute atomic E-state index is 0.280. The molecule has 11 heavy (non-hydrogen) atoms. The predicted molar refractivity (Wildman–Crippen MR) is 37.9 cm³/mol. The molecule has 1 aliphatic carbocycles. The van der Waals surface area contributed by atoms with Gasteiger partial charge < -0.3 is 20.4 Å². The summed E-state index contributed by atoms with van der Waals surface area (Å²) in [6.45, 7) is -0.673. The zero-order valence-electron chi connectivity index (χ0n) is 6.27. The average molecular weight is 162 g/mol. The molecule has 4 nitrogen and oxygen atoms in total. The van der Waals surface area contributed by atoms with Crippen molar-refractivity contribution in [2.24, 2.45) is 5.92 Å². The van der Waals surface area contributed by atoms with Crippen molar-refractivity contribution in [1.82, 2.24) is 0 Å². The fourth-order valence-corrected chi connectivity index (χ4v) is 1.63. The third-order valence-corrected chi connectivity index (χ3v) is 2.50. The van der Waals surface area contributed by atoms with Crippen LogP contribution >= 0.6 is 0 Å². The second-order valence-corrected chi connectivity index (χ2v) is 3.16. The largest absolute Gasteiger partial charge is 0.396 e. The third kappa shape index (κ3) is 1.39. The van der Waals surface area contributed by atoms with Gasteiger partial charge in [-0.3, -0.25) is 0 Å². The van der Waals surface area contributed by atoms with Crippen LogP contribution in [-0.2, 0) is 0 Å². The Morgan fingerprint density at radius 3 is 2.36 bits per heavy atom. The lowest BCUT2D eigenvalue weighted by atomic mass is 9.91. The van der Waals surface area contributed by atoms with Gasteiger partial charge in [0.25, 0.3) is 0 Å². The SMILES string of the molecule is OCC1C(O)CCC1(O)CO. The molecule has 0 heterocycles. The maximum Gasteiger partial charge on any atom is 0.0952 e. The molecule has 0 aromatic carbocycles. The first-order valence-electron chi connectivity index (χ1n) is 3.76. The van der Waals surface area contributed by atoms with Crippen LogP contribution in [0.4, 0.5) is 0 Å². The van der Waals surface area contributed by atoms with Crippen molar-refractivity contribution in [3.05, 3.63) is 0 Å². The van der Waals surface area contributed by atoms with E-state index in [0.717, 1.165) is 0 Å². The third-order valence-electron chi connectivity index (χ3n) is 2.50.